The second-order valence-corrected chi connectivity index (χ2v) is 5.10. The van der Waals surface area contributed by atoms with Crippen LogP contribution in [-0.4, -0.2) is 5.91 Å². The zero-order valence-corrected chi connectivity index (χ0v) is 10.9. The Morgan fingerprint density at radius 1 is 1.41 bits per heavy atom. The highest BCUT2D eigenvalue weighted by Gasteiger charge is 2.12. The molecular formula is C11H8BrFN2OS. The van der Waals surface area contributed by atoms with E-state index >= 15 is 0 Å². The Morgan fingerprint density at radius 3 is 2.76 bits per heavy atom. The number of carbonyl (C=O) groups excluding carboxylic acids is 1. The van der Waals surface area contributed by atoms with E-state index in [9.17, 15) is 9.18 Å². The molecule has 0 saturated heterocycles. The third kappa shape index (κ3) is 2.83. The summed E-state index contributed by atoms with van der Waals surface area (Å²) in [7, 11) is 0. The van der Waals surface area contributed by atoms with Crippen molar-refractivity contribution in [2.24, 2.45) is 0 Å². The minimum atomic E-state index is -0.481. The highest BCUT2D eigenvalue weighted by atomic mass is 79.9. The van der Waals surface area contributed by atoms with Crippen LogP contribution < -0.4 is 11.1 Å². The number of nitrogen functional groups attached to an aromatic ring is 1. The largest absolute Gasteiger partial charge is 0.399 e. The number of thiophene rings is 1. The summed E-state index contributed by atoms with van der Waals surface area (Å²) in [5, 5.41) is 4.38. The third-order valence-electron chi connectivity index (χ3n) is 2.00. The molecule has 0 radical (unpaired) electrons. The van der Waals surface area contributed by atoms with Crippen LogP contribution in [0.15, 0.2) is 34.1 Å². The van der Waals surface area contributed by atoms with Crippen LogP contribution in [0.2, 0.25) is 0 Å². The van der Waals surface area contributed by atoms with Crippen molar-refractivity contribution >= 4 is 44.5 Å². The molecule has 1 aromatic carbocycles. The Labute approximate surface area is 110 Å². The fraction of sp³-hybridized carbons (Fsp3) is 0. The molecule has 6 heteroatoms. The molecule has 1 aromatic heterocycles. The molecule has 0 aliphatic heterocycles. The Kier molecular flexibility index (Phi) is 3.44. The average molecular weight is 315 g/mol. The highest BCUT2D eigenvalue weighted by molar-refractivity contribution is 9.10. The topological polar surface area (TPSA) is 55.1 Å². The molecule has 1 amide bonds. The van der Waals surface area contributed by atoms with E-state index in [4.69, 9.17) is 5.73 Å². The molecule has 0 bridgehead atoms. The fourth-order valence-corrected chi connectivity index (χ4v) is 2.77. The number of nitrogens with two attached hydrogens (primary N) is 1. The van der Waals surface area contributed by atoms with Gasteiger partial charge in [-0.2, -0.15) is 0 Å². The normalized spacial score (nSPS) is 10.2. The maximum Gasteiger partial charge on any atom is 0.266 e. The van der Waals surface area contributed by atoms with Crippen molar-refractivity contribution in [2.75, 3.05) is 11.1 Å². The van der Waals surface area contributed by atoms with Crippen LogP contribution in [0.4, 0.5) is 15.8 Å². The van der Waals surface area contributed by atoms with Crippen molar-refractivity contribution in [1.82, 2.24) is 0 Å². The fourth-order valence-electron chi connectivity index (χ4n) is 1.33. The van der Waals surface area contributed by atoms with E-state index in [-0.39, 0.29) is 11.6 Å². The molecule has 2 aromatic rings. The molecule has 0 atom stereocenters. The molecule has 0 fully saturated rings. The Hall–Kier alpha value is -1.40. The van der Waals surface area contributed by atoms with Crippen molar-refractivity contribution in [3.63, 3.8) is 0 Å². The number of carbonyl (C=O) groups is 1. The number of rotatable bonds is 2. The highest BCUT2D eigenvalue weighted by Crippen LogP contribution is 2.24. The van der Waals surface area contributed by atoms with Crippen LogP contribution in [-0.2, 0) is 0 Å². The van der Waals surface area contributed by atoms with E-state index in [0.717, 1.165) is 0 Å². The summed E-state index contributed by atoms with van der Waals surface area (Å²) in [6, 6.07) is 5.69. The molecule has 88 valence electrons. The second-order valence-electron chi connectivity index (χ2n) is 3.33. The van der Waals surface area contributed by atoms with Crippen LogP contribution in [0, 0.1) is 5.82 Å². The van der Waals surface area contributed by atoms with Gasteiger partial charge in [-0.15, -0.1) is 11.3 Å². The van der Waals surface area contributed by atoms with Crippen molar-refractivity contribution in [3.05, 3.63) is 44.8 Å². The summed E-state index contributed by atoms with van der Waals surface area (Å²) < 4.78 is 13.8. The molecule has 1 heterocycles. The lowest BCUT2D eigenvalue weighted by molar-refractivity contribution is 0.103. The van der Waals surface area contributed by atoms with Gasteiger partial charge >= 0.3 is 0 Å². The molecular weight excluding hydrogens is 307 g/mol. The first-order valence-corrected chi connectivity index (χ1v) is 6.34. The first-order chi connectivity index (χ1) is 8.06. The number of anilines is 2. The lowest BCUT2D eigenvalue weighted by Crippen LogP contribution is -2.11. The molecule has 0 spiro atoms. The minimum absolute atomic E-state index is 0.269. The van der Waals surface area contributed by atoms with Crippen LogP contribution in [0.25, 0.3) is 0 Å². The van der Waals surface area contributed by atoms with Gasteiger partial charge in [-0.25, -0.2) is 4.39 Å². The standard InChI is InChI=1S/C11H8BrFN2OS/c12-9-1-2-17-10(9)11(16)15-8-4-6(13)3-7(14)5-8/h1-5H,14H2,(H,15,16). The Bertz CT molecular complexity index is 550. The Morgan fingerprint density at radius 2 is 2.18 bits per heavy atom. The van der Waals surface area contributed by atoms with Gasteiger partial charge in [-0.1, -0.05) is 0 Å². The maximum absolute atomic E-state index is 13.1. The molecule has 0 unspecified atom stereocenters. The first kappa shape index (κ1) is 12.1. The lowest BCUT2D eigenvalue weighted by atomic mass is 10.2. The van der Waals surface area contributed by atoms with Gasteiger partial charge in [0.15, 0.2) is 0 Å². The lowest BCUT2D eigenvalue weighted by Gasteiger charge is -2.05. The molecule has 0 aliphatic rings. The van der Waals surface area contributed by atoms with Crippen LogP contribution in [0.3, 0.4) is 0 Å². The van der Waals surface area contributed by atoms with E-state index in [1.54, 1.807) is 11.4 Å². The Balaban J connectivity index is 2.21. The van der Waals surface area contributed by atoms with E-state index in [1.165, 1.54) is 29.5 Å². The molecule has 3 nitrogen and oxygen atoms in total. The number of hydrogen-bond donors (Lipinski definition) is 2. The zero-order valence-electron chi connectivity index (χ0n) is 8.54. The van der Waals surface area contributed by atoms with Crippen molar-refractivity contribution in [1.29, 1.82) is 0 Å². The van der Waals surface area contributed by atoms with Crippen LogP contribution >= 0.6 is 27.3 Å². The number of benzene rings is 1. The third-order valence-corrected chi connectivity index (χ3v) is 3.84. The smallest absolute Gasteiger partial charge is 0.266 e. The monoisotopic (exact) mass is 314 g/mol. The maximum atomic E-state index is 13.1. The van der Waals surface area contributed by atoms with Gasteiger partial charge in [0.05, 0.1) is 0 Å². The van der Waals surface area contributed by atoms with Crippen LogP contribution in [0.1, 0.15) is 9.67 Å². The second kappa shape index (κ2) is 4.85. The minimum Gasteiger partial charge on any atom is -0.399 e. The van der Waals surface area contributed by atoms with Gasteiger partial charge in [-0.05, 0) is 45.6 Å². The predicted octanol–water partition coefficient (Wildman–Crippen LogP) is 3.48. The van der Waals surface area contributed by atoms with Gasteiger partial charge in [0.2, 0.25) is 0 Å². The summed E-state index contributed by atoms with van der Waals surface area (Å²) in [4.78, 5) is 12.4. The molecule has 3 N–H and O–H groups in total. The molecule has 2 rings (SSSR count). The SMILES string of the molecule is Nc1cc(F)cc(NC(=O)c2sccc2Br)c1. The number of hydrogen-bond acceptors (Lipinski definition) is 3. The van der Waals surface area contributed by atoms with Gasteiger partial charge in [0.25, 0.3) is 5.91 Å². The van der Waals surface area contributed by atoms with Crippen molar-refractivity contribution in [2.45, 2.75) is 0 Å². The average Bonchev–Trinajstić information content (AvgIpc) is 2.62. The van der Waals surface area contributed by atoms with E-state index in [0.29, 0.717) is 15.0 Å². The zero-order chi connectivity index (χ0) is 12.4. The van der Waals surface area contributed by atoms with Crippen molar-refractivity contribution < 1.29 is 9.18 Å². The summed E-state index contributed by atoms with van der Waals surface area (Å²) >= 11 is 4.56. The quantitative estimate of drug-likeness (QED) is 0.834. The van der Waals surface area contributed by atoms with Gasteiger partial charge in [0, 0.05) is 15.8 Å². The summed E-state index contributed by atoms with van der Waals surface area (Å²) in [5.74, 6) is -0.776. The summed E-state index contributed by atoms with van der Waals surface area (Å²) in [5.41, 5.74) is 6.10. The van der Waals surface area contributed by atoms with E-state index < -0.39 is 5.82 Å². The van der Waals surface area contributed by atoms with Gasteiger partial charge in [-0.3, -0.25) is 4.79 Å². The molecule has 0 saturated carbocycles. The first-order valence-electron chi connectivity index (χ1n) is 4.66. The number of amides is 1. The number of nitrogens with one attached hydrogen (secondary N) is 1. The van der Waals surface area contributed by atoms with Crippen molar-refractivity contribution in [3.8, 4) is 0 Å². The summed E-state index contributed by atoms with van der Waals surface area (Å²) in [6.45, 7) is 0. The van der Waals surface area contributed by atoms with Gasteiger partial charge < -0.3 is 11.1 Å². The number of halogens is 2. The predicted molar refractivity (Wildman–Crippen MR) is 70.8 cm³/mol. The van der Waals surface area contributed by atoms with Crippen LogP contribution in [0.5, 0.6) is 0 Å². The van der Waals surface area contributed by atoms with E-state index in [2.05, 4.69) is 21.2 Å². The van der Waals surface area contributed by atoms with E-state index in [1.807, 2.05) is 0 Å². The molecule has 0 aliphatic carbocycles. The van der Waals surface area contributed by atoms with Gasteiger partial charge in [0.1, 0.15) is 10.7 Å². The molecule has 17 heavy (non-hydrogen) atoms. The summed E-state index contributed by atoms with van der Waals surface area (Å²) in [6.07, 6.45) is 0.